The zero-order valence-corrected chi connectivity index (χ0v) is 13.1. The minimum absolute atomic E-state index is 0.184. The minimum Gasteiger partial charge on any atom is -0.432 e. The Balaban J connectivity index is 1.73. The van der Waals surface area contributed by atoms with Crippen molar-refractivity contribution < 1.29 is 4.42 Å². The number of fused-ring (bicyclic) bond motifs is 1. The van der Waals surface area contributed by atoms with Gasteiger partial charge < -0.3 is 15.1 Å². The average Bonchev–Trinajstić information content (AvgIpc) is 3.20. The van der Waals surface area contributed by atoms with Gasteiger partial charge in [-0.15, -0.1) is 11.8 Å². The van der Waals surface area contributed by atoms with Crippen molar-refractivity contribution in [2.75, 3.05) is 5.73 Å². The molecule has 23 heavy (non-hydrogen) atoms. The summed E-state index contributed by atoms with van der Waals surface area (Å²) in [6, 6.07) is 16.9. The molecule has 0 aliphatic heterocycles. The van der Waals surface area contributed by atoms with Crippen LogP contribution in [0.4, 0.5) is 6.01 Å². The molecule has 0 radical (unpaired) electrons. The first-order valence-corrected chi connectivity index (χ1v) is 8.28. The fourth-order valence-corrected chi connectivity index (χ4v) is 3.67. The Morgan fingerprint density at radius 2 is 1.96 bits per heavy atom. The second-order valence-electron chi connectivity index (χ2n) is 5.23. The number of aromatic nitrogens is 2. The molecule has 0 saturated heterocycles. The lowest BCUT2D eigenvalue weighted by atomic mass is 10.1. The summed E-state index contributed by atoms with van der Waals surface area (Å²) < 4.78 is 5.15. The van der Waals surface area contributed by atoms with Gasteiger partial charge in [-0.1, -0.05) is 36.4 Å². The summed E-state index contributed by atoms with van der Waals surface area (Å²) in [4.78, 5) is 8.76. The lowest BCUT2D eigenvalue weighted by Crippen LogP contribution is -1.84. The highest BCUT2D eigenvalue weighted by Crippen LogP contribution is 2.36. The van der Waals surface area contributed by atoms with Crippen LogP contribution in [0.15, 0.2) is 70.3 Å². The molecule has 0 fully saturated rings. The van der Waals surface area contributed by atoms with E-state index in [4.69, 9.17) is 10.2 Å². The van der Waals surface area contributed by atoms with Gasteiger partial charge in [-0.25, -0.2) is 0 Å². The molecule has 4 nitrogen and oxygen atoms in total. The van der Waals surface area contributed by atoms with Gasteiger partial charge in [-0.05, 0) is 17.7 Å². The summed E-state index contributed by atoms with van der Waals surface area (Å²) in [6.07, 6.45) is 3.55. The first-order chi connectivity index (χ1) is 11.3. The number of nitrogens with two attached hydrogens (primary N) is 1. The van der Waals surface area contributed by atoms with Crippen molar-refractivity contribution in [3.8, 4) is 11.3 Å². The van der Waals surface area contributed by atoms with E-state index in [9.17, 15) is 0 Å². The normalized spacial score (nSPS) is 11.1. The lowest BCUT2D eigenvalue weighted by Gasteiger charge is -2.05. The zero-order chi connectivity index (χ0) is 15.6. The SMILES string of the molecule is Nc1nc(-c2c[nH]c3cccc(SCc4ccccc4)c23)co1. The van der Waals surface area contributed by atoms with E-state index in [0.717, 1.165) is 27.9 Å². The molecule has 0 bridgehead atoms. The smallest absolute Gasteiger partial charge is 0.292 e. The van der Waals surface area contributed by atoms with Crippen molar-refractivity contribution in [1.82, 2.24) is 9.97 Å². The number of nitrogen functional groups attached to an aromatic ring is 1. The predicted octanol–water partition coefficient (Wildman–Crippen LogP) is 4.70. The Labute approximate surface area is 137 Å². The van der Waals surface area contributed by atoms with E-state index >= 15 is 0 Å². The largest absolute Gasteiger partial charge is 0.432 e. The number of anilines is 1. The number of nitrogens with zero attached hydrogens (tertiary/aromatic N) is 1. The number of thioether (sulfide) groups is 1. The number of nitrogens with one attached hydrogen (secondary N) is 1. The standard InChI is InChI=1S/C18H15N3OS/c19-18-21-15(10-22-18)13-9-20-14-7-4-8-16(17(13)14)23-11-12-5-2-1-3-6-12/h1-10,20H,11H2,(H2,19,21). The van der Waals surface area contributed by atoms with Crippen LogP contribution in [-0.2, 0) is 5.75 Å². The average molecular weight is 321 g/mol. The quantitative estimate of drug-likeness (QED) is 0.535. The summed E-state index contributed by atoms with van der Waals surface area (Å²) in [7, 11) is 0. The molecule has 0 aliphatic rings. The third kappa shape index (κ3) is 2.71. The Morgan fingerprint density at radius 3 is 2.74 bits per heavy atom. The van der Waals surface area contributed by atoms with E-state index in [1.165, 1.54) is 10.5 Å². The molecule has 5 heteroatoms. The zero-order valence-electron chi connectivity index (χ0n) is 12.3. The van der Waals surface area contributed by atoms with E-state index in [1.807, 2.05) is 24.0 Å². The van der Waals surface area contributed by atoms with Crippen LogP contribution < -0.4 is 5.73 Å². The second-order valence-corrected chi connectivity index (χ2v) is 6.24. The van der Waals surface area contributed by atoms with Gasteiger partial charge in [0.05, 0.1) is 0 Å². The highest BCUT2D eigenvalue weighted by atomic mass is 32.2. The number of H-pyrrole nitrogens is 1. The fraction of sp³-hybridized carbons (Fsp3) is 0.0556. The Kier molecular flexibility index (Phi) is 3.55. The topological polar surface area (TPSA) is 67.8 Å². The molecule has 0 amide bonds. The van der Waals surface area contributed by atoms with Gasteiger partial charge in [0.2, 0.25) is 0 Å². The maximum Gasteiger partial charge on any atom is 0.292 e. The first kappa shape index (κ1) is 14.0. The molecule has 0 saturated carbocycles. The number of oxazole rings is 1. The number of hydrogen-bond acceptors (Lipinski definition) is 4. The van der Waals surface area contributed by atoms with Gasteiger partial charge in [0.15, 0.2) is 0 Å². The van der Waals surface area contributed by atoms with E-state index in [2.05, 4.69) is 52.4 Å². The van der Waals surface area contributed by atoms with Gasteiger partial charge in [0.25, 0.3) is 6.01 Å². The summed E-state index contributed by atoms with van der Waals surface area (Å²) >= 11 is 1.81. The maximum atomic E-state index is 5.61. The van der Waals surface area contributed by atoms with Crippen LogP contribution in [-0.4, -0.2) is 9.97 Å². The molecule has 2 heterocycles. The van der Waals surface area contributed by atoms with Gasteiger partial charge in [-0.3, -0.25) is 0 Å². The molecule has 114 valence electrons. The van der Waals surface area contributed by atoms with Crippen LogP contribution in [0.25, 0.3) is 22.2 Å². The van der Waals surface area contributed by atoms with E-state index in [1.54, 1.807) is 6.26 Å². The Morgan fingerprint density at radius 1 is 1.09 bits per heavy atom. The van der Waals surface area contributed by atoms with E-state index in [-0.39, 0.29) is 6.01 Å². The summed E-state index contributed by atoms with van der Waals surface area (Å²) in [5.74, 6) is 0.922. The molecule has 2 aromatic heterocycles. The number of aromatic amines is 1. The highest BCUT2D eigenvalue weighted by Gasteiger charge is 2.13. The molecule has 2 aromatic carbocycles. The van der Waals surface area contributed by atoms with Crippen LogP contribution in [0.1, 0.15) is 5.56 Å². The van der Waals surface area contributed by atoms with E-state index < -0.39 is 0 Å². The molecule has 4 rings (SSSR count). The molecule has 4 aromatic rings. The number of hydrogen-bond donors (Lipinski definition) is 2. The third-order valence-corrected chi connectivity index (χ3v) is 4.83. The monoisotopic (exact) mass is 321 g/mol. The van der Waals surface area contributed by atoms with Gasteiger partial charge in [-0.2, -0.15) is 4.98 Å². The van der Waals surface area contributed by atoms with Crippen molar-refractivity contribution in [3.63, 3.8) is 0 Å². The molecule has 0 aliphatic carbocycles. The predicted molar refractivity (Wildman–Crippen MR) is 94.2 cm³/mol. The summed E-state index contributed by atoms with van der Waals surface area (Å²) in [6.45, 7) is 0. The van der Waals surface area contributed by atoms with Crippen LogP contribution in [0.3, 0.4) is 0 Å². The number of rotatable bonds is 4. The minimum atomic E-state index is 0.184. The maximum absolute atomic E-state index is 5.61. The van der Waals surface area contributed by atoms with Crippen LogP contribution in [0.5, 0.6) is 0 Å². The molecule has 0 unspecified atom stereocenters. The Hall–Kier alpha value is -2.66. The van der Waals surface area contributed by atoms with Crippen LogP contribution in [0.2, 0.25) is 0 Å². The Bertz CT molecular complexity index is 943. The lowest BCUT2D eigenvalue weighted by molar-refractivity contribution is 0.581. The van der Waals surface area contributed by atoms with Crippen molar-refractivity contribution in [2.45, 2.75) is 10.6 Å². The summed E-state index contributed by atoms with van der Waals surface area (Å²) in [5.41, 5.74) is 9.76. The van der Waals surface area contributed by atoms with Crippen molar-refractivity contribution in [2.24, 2.45) is 0 Å². The van der Waals surface area contributed by atoms with Gasteiger partial charge >= 0.3 is 0 Å². The molecular formula is C18H15N3OS. The molecule has 0 spiro atoms. The summed E-state index contributed by atoms with van der Waals surface area (Å²) in [5, 5.41) is 1.15. The molecular weight excluding hydrogens is 306 g/mol. The van der Waals surface area contributed by atoms with Crippen molar-refractivity contribution >= 4 is 28.7 Å². The first-order valence-electron chi connectivity index (χ1n) is 7.29. The highest BCUT2D eigenvalue weighted by molar-refractivity contribution is 7.98. The molecule has 0 atom stereocenters. The van der Waals surface area contributed by atoms with Crippen LogP contribution in [0, 0.1) is 0 Å². The van der Waals surface area contributed by atoms with Crippen molar-refractivity contribution in [3.05, 3.63) is 66.6 Å². The van der Waals surface area contributed by atoms with Gasteiger partial charge in [0, 0.05) is 33.3 Å². The fourth-order valence-electron chi connectivity index (χ4n) is 2.62. The second kappa shape index (κ2) is 5.85. The van der Waals surface area contributed by atoms with Crippen molar-refractivity contribution in [1.29, 1.82) is 0 Å². The molecule has 3 N–H and O–H groups in total. The third-order valence-electron chi connectivity index (χ3n) is 3.70. The number of benzene rings is 2. The van der Waals surface area contributed by atoms with Crippen LogP contribution >= 0.6 is 11.8 Å². The van der Waals surface area contributed by atoms with Gasteiger partial charge in [0.1, 0.15) is 12.0 Å². The van der Waals surface area contributed by atoms with E-state index in [0.29, 0.717) is 0 Å².